The van der Waals surface area contributed by atoms with Crippen molar-refractivity contribution in [3.63, 3.8) is 0 Å². The van der Waals surface area contributed by atoms with E-state index in [1.165, 1.54) is 0 Å². The SMILES string of the molecule is C=CCOc1c2cc([N+](=O)[O-])cc1Cc1cccc(c1OCCC)Cc1cc([N+](=O)[O-])cc(c1OCC=C)Cc1cccc(c1OCCC)C2. The number of nitro groups is 2. The highest BCUT2D eigenvalue weighted by Crippen LogP contribution is 2.41. The summed E-state index contributed by atoms with van der Waals surface area (Å²) >= 11 is 0. The van der Waals surface area contributed by atoms with Crippen molar-refractivity contribution >= 4 is 11.4 Å². The van der Waals surface area contributed by atoms with E-state index in [4.69, 9.17) is 18.9 Å². The Morgan fingerprint density at radius 3 is 1.12 bits per heavy atom. The van der Waals surface area contributed by atoms with Gasteiger partial charge in [-0.15, -0.1) is 0 Å². The fraction of sp³-hybridized carbons (Fsp3) is 0.300. The molecule has 0 amide bonds. The minimum atomic E-state index is -0.386. The Bertz CT molecular complexity index is 1670. The molecule has 0 fully saturated rings. The van der Waals surface area contributed by atoms with Gasteiger partial charge in [0.1, 0.15) is 36.2 Å². The lowest BCUT2D eigenvalue weighted by molar-refractivity contribution is -0.385. The van der Waals surface area contributed by atoms with Crippen molar-refractivity contribution in [1.82, 2.24) is 0 Å². The van der Waals surface area contributed by atoms with Crippen molar-refractivity contribution in [2.45, 2.75) is 52.4 Å². The van der Waals surface area contributed by atoms with Crippen LogP contribution in [-0.2, 0) is 25.7 Å². The van der Waals surface area contributed by atoms with E-state index in [-0.39, 0.29) is 60.1 Å². The summed E-state index contributed by atoms with van der Waals surface area (Å²) < 4.78 is 25.4. The Balaban J connectivity index is 1.86. The van der Waals surface area contributed by atoms with E-state index >= 15 is 0 Å². The van der Waals surface area contributed by atoms with Gasteiger partial charge in [0.15, 0.2) is 0 Å². The summed E-state index contributed by atoms with van der Waals surface area (Å²) in [5.74, 6) is 2.32. The molecule has 0 aromatic heterocycles. The van der Waals surface area contributed by atoms with Crippen molar-refractivity contribution in [3.8, 4) is 23.0 Å². The second-order valence-electron chi connectivity index (χ2n) is 12.1. The van der Waals surface area contributed by atoms with Gasteiger partial charge in [0.25, 0.3) is 11.4 Å². The topological polar surface area (TPSA) is 123 Å². The second kappa shape index (κ2) is 16.6. The standard InChI is InChI=1S/C40H42N2O8/c1-5-15-47-37-27-11-9-12-28(37)20-32-24-36(42(45)46)26-34(40(32)50-18-8-4)22-30-14-10-13-29(38(30)48-16-6-2)21-33-25-35(41(43)44)23-31(19-27)39(33)49-17-7-3/h7-14,23-26H,3-6,15-22H2,1-2H3. The van der Waals surface area contributed by atoms with Crippen LogP contribution in [0, 0.1) is 20.2 Å². The van der Waals surface area contributed by atoms with Crippen molar-refractivity contribution in [2.24, 2.45) is 0 Å². The number of nitrogens with zero attached hydrogens (tertiary/aromatic N) is 2. The molecule has 0 heterocycles. The van der Waals surface area contributed by atoms with E-state index in [2.05, 4.69) is 13.2 Å². The number of hydrogen-bond donors (Lipinski definition) is 0. The molecule has 5 rings (SSSR count). The average molecular weight is 679 g/mol. The molecule has 260 valence electrons. The van der Waals surface area contributed by atoms with Gasteiger partial charge >= 0.3 is 0 Å². The van der Waals surface area contributed by atoms with Gasteiger partial charge in [-0.2, -0.15) is 0 Å². The summed E-state index contributed by atoms with van der Waals surface area (Å²) in [5.41, 5.74) is 5.60. The minimum Gasteiger partial charge on any atom is -0.493 e. The molecule has 10 nitrogen and oxygen atoms in total. The smallest absolute Gasteiger partial charge is 0.270 e. The first-order valence-corrected chi connectivity index (χ1v) is 16.8. The maximum atomic E-state index is 12.3. The van der Waals surface area contributed by atoms with Gasteiger partial charge in [0, 0.05) is 72.2 Å². The van der Waals surface area contributed by atoms with Crippen LogP contribution in [0.25, 0.3) is 0 Å². The number of para-hydroxylation sites is 2. The fourth-order valence-electron chi connectivity index (χ4n) is 6.30. The van der Waals surface area contributed by atoms with Gasteiger partial charge in [-0.05, 0) is 35.1 Å². The molecule has 10 heteroatoms. The van der Waals surface area contributed by atoms with Gasteiger partial charge < -0.3 is 18.9 Å². The molecule has 4 aromatic carbocycles. The van der Waals surface area contributed by atoms with Crippen LogP contribution in [0.3, 0.4) is 0 Å². The number of ether oxygens (including phenoxy) is 4. The third-order valence-corrected chi connectivity index (χ3v) is 8.35. The van der Waals surface area contributed by atoms with Crippen LogP contribution in [-0.4, -0.2) is 36.3 Å². The van der Waals surface area contributed by atoms with Crippen LogP contribution in [0.15, 0.2) is 86.0 Å². The largest absolute Gasteiger partial charge is 0.493 e. The number of hydrogen-bond acceptors (Lipinski definition) is 8. The van der Waals surface area contributed by atoms with Gasteiger partial charge in [0.2, 0.25) is 0 Å². The van der Waals surface area contributed by atoms with Gasteiger partial charge in [-0.3, -0.25) is 20.2 Å². The van der Waals surface area contributed by atoms with E-state index in [0.717, 1.165) is 35.1 Å². The quantitative estimate of drug-likeness (QED) is 0.0648. The summed E-state index contributed by atoms with van der Waals surface area (Å²) in [4.78, 5) is 23.8. The molecule has 0 radical (unpaired) electrons. The lowest BCUT2D eigenvalue weighted by atomic mass is 9.90. The molecule has 0 saturated heterocycles. The van der Waals surface area contributed by atoms with Crippen LogP contribution < -0.4 is 18.9 Å². The summed E-state index contributed by atoms with van der Waals surface area (Å²) in [6, 6.07) is 17.8. The molecule has 0 aliphatic heterocycles. The molecule has 1 aliphatic rings. The number of non-ortho nitro benzene ring substituents is 2. The zero-order chi connectivity index (χ0) is 35.6. The van der Waals surface area contributed by atoms with Crippen LogP contribution in [0.2, 0.25) is 0 Å². The third-order valence-electron chi connectivity index (χ3n) is 8.35. The molecular weight excluding hydrogens is 636 g/mol. The molecule has 1 aliphatic carbocycles. The molecule has 4 aromatic rings. The third kappa shape index (κ3) is 8.14. The summed E-state index contributed by atoms with van der Waals surface area (Å²) in [6.07, 6.45) is 5.87. The lowest BCUT2D eigenvalue weighted by Gasteiger charge is -2.22. The summed E-state index contributed by atoms with van der Waals surface area (Å²) in [6.45, 7) is 12.9. The van der Waals surface area contributed by atoms with E-state index in [1.807, 2.05) is 50.2 Å². The Morgan fingerprint density at radius 1 is 0.560 bits per heavy atom. The number of nitro benzene ring substituents is 2. The van der Waals surface area contributed by atoms with E-state index < -0.39 is 0 Å². The lowest BCUT2D eigenvalue weighted by Crippen LogP contribution is -2.10. The first kappa shape index (κ1) is 35.7. The number of benzene rings is 4. The van der Waals surface area contributed by atoms with Gasteiger partial charge in [-0.25, -0.2) is 0 Å². The number of rotatable bonds is 14. The Morgan fingerprint density at radius 2 is 0.860 bits per heavy atom. The molecule has 8 bridgehead atoms. The summed E-state index contributed by atoms with van der Waals surface area (Å²) in [7, 11) is 0. The minimum absolute atomic E-state index is 0.0484. The van der Waals surface area contributed by atoms with Crippen molar-refractivity contribution in [2.75, 3.05) is 26.4 Å². The van der Waals surface area contributed by atoms with Gasteiger partial charge in [-0.1, -0.05) is 75.6 Å². The second-order valence-corrected chi connectivity index (χ2v) is 12.1. The normalized spacial score (nSPS) is 12.0. The fourth-order valence-corrected chi connectivity index (χ4v) is 6.30. The zero-order valence-corrected chi connectivity index (χ0v) is 28.6. The van der Waals surface area contributed by atoms with E-state index in [9.17, 15) is 20.2 Å². The van der Waals surface area contributed by atoms with Crippen molar-refractivity contribution < 1.29 is 28.8 Å². The Labute approximate surface area is 292 Å². The van der Waals surface area contributed by atoms with Crippen LogP contribution >= 0.6 is 0 Å². The predicted octanol–water partition coefficient (Wildman–Crippen LogP) is 8.89. The number of fused-ring (bicyclic) bond motifs is 8. The monoisotopic (exact) mass is 678 g/mol. The van der Waals surface area contributed by atoms with Crippen LogP contribution in [0.4, 0.5) is 11.4 Å². The molecule has 0 atom stereocenters. The molecular formula is C40H42N2O8. The maximum absolute atomic E-state index is 12.3. The highest BCUT2D eigenvalue weighted by Gasteiger charge is 2.25. The Hall–Kier alpha value is -5.64. The van der Waals surface area contributed by atoms with E-state index in [1.54, 1.807) is 36.4 Å². The first-order valence-electron chi connectivity index (χ1n) is 16.8. The van der Waals surface area contributed by atoms with Crippen LogP contribution in [0.5, 0.6) is 23.0 Å². The zero-order valence-electron chi connectivity index (χ0n) is 28.6. The van der Waals surface area contributed by atoms with Crippen LogP contribution in [0.1, 0.15) is 71.2 Å². The van der Waals surface area contributed by atoms with Crippen molar-refractivity contribution in [3.05, 3.63) is 151 Å². The Kier molecular flexibility index (Phi) is 11.9. The molecule has 0 unspecified atom stereocenters. The predicted molar refractivity (Wildman–Crippen MR) is 193 cm³/mol. The first-order chi connectivity index (χ1) is 24.3. The van der Waals surface area contributed by atoms with Crippen molar-refractivity contribution in [1.29, 1.82) is 0 Å². The molecule has 0 spiro atoms. The average Bonchev–Trinajstić information content (AvgIpc) is 3.09. The molecule has 0 N–H and O–H groups in total. The summed E-state index contributed by atoms with van der Waals surface area (Å²) in [5, 5.41) is 24.6. The van der Waals surface area contributed by atoms with E-state index in [0.29, 0.717) is 58.5 Å². The molecule has 50 heavy (non-hydrogen) atoms. The molecule has 0 saturated carbocycles. The van der Waals surface area contributed by atoms with Gasteiger partial charge in [0.05, 0.1) is 23.1 Å². The highest BCUT2D eigenvalue weighted by molar-refractivity contribution is 5.60. The highest BCUT2D eigenvalue weighted by atomic mass is 16.6. The maximum Gasteiger partial charge on any atom is 0.270 e.